The van der Waals surface area contributed by atoms with E-state index in [-0.39, 0.29) is 16.9 Å². The summed E-state index contributed by atoms with van der Waals surface area (Å²) in [6, 6.07) is 14.9. The molecule has 0 aliphatic rings. The summed E-state index contributed by atoms with van der Waals surface area (Å²) in [4.78, 5) is 12.1. The lowest BCUT2D eigenvalue weighted by molar-refractivity contribution is -0.120. The zero-order valence-corrected chi connectivity index (χ0v) is 15.1. The zero-order valence-electron chi connectivity index (χ0n) is 14.3. The number of phenolic OH excluding ortho intramolecular Hbond substituents is 1. The Labute approximate surface area is 152 Å². The number of nitrogens with zero attached hydrogens (tertiary/aromatic N) is 1. The number of carbonyl (C=O) groups excluding carboxylic acids is 1. The van der Waals surface area contributed by atoms with Gasteiger partial charge >= 0.3 is 0 Å². The minimum absolute atomic E-state index is 0.0777. The molecular formula is C19H22N2O3S. The fraction of sp³-hybridized carbons (Fsp3) is 0.263. The SMILES string of the molecule is CCOc1cc(/C=N\NC(=O)[C@@H](C)SCc2ccccc2)ccc1O. The molecule has 0 saturated heterocycles. The van der Waals surface area contributed by atoms with E-state index in [2.05, 4.69) is 10.5 Å². The fourth-order valence-corrected chi connectivity index (χ4v) is 2.85. The molecule has 0 fully saturated rings. The van der Waals surface area contributed by atoms with Crippen LogP contribution in [0.4, 0.5) is 0 Å². The second kappa shape index (κ2) is 9.74. The smallest absolute Gasteiger partial charge is 0.252 e. The number of carbonyl (C=O) groups is 1. The van der Waals surface area contributed by atoms with Crippen LogP contribution in [-0.4, -0.2) is 29.1 Å². The van der Waals surface area contributed by atoms with Crippen LogP contribution in [0.1, 0.15) is 25.0 Å². The first-order chi connectivity index (χ1) is 12.1. The number of aromatic hydroxyl groups is 1. The Hall–Kier alpha value is -2.47. The van der Waals surface area contributed by atoms with Gasteiger partial charge < -0.3 is 9.84 Å². The number of thioether (sulfide) groups is 1. The Bertz CT molecular complexity index is 720. The summed E-state index contributed by atoms with van der Waals surface area (Å²) in [5, 5.41) is 13.4. The van der Waals surface area contributed by atoms with Gasteiger partial charge in [0, 0.05) is 5.75 Å². The van der Waals surface area contributed by atoms with Gasteiger partial charge in [-0.2, -0.15) is 5.10 Å². The lowest BCUT2D eigenvalue weighted by atomic mass is 10.2. The zero-order chi connectivity index (χ0) is 18.1. The van der Waals surface area contributed by atoms with Crippen LogP contribution < -0.4 is 10.2 Å². The molecule has 1 amide bonds. The Kier molecular flexibility index (Phi) is 7.35. The average Bonchev–Trinajstić information content (AvgIpc) is 2.63. The highest BCUT2D eigenvalue weighted by molar-refractivity contribution is 7.99. The molecule has 0 unspecified atom stereocenters. The van der Waals surface area contributed by atoms with Crippen molar-refractivity contribution in [2.75, 3.05) is 6.61 Å². The normalized spacial score (nSPS) is 12.1. The first-order valence-corrected chi connectivity index (χ1v) is 9.09. The summed E-state index contributed by atoms with van der Waals surface area (Å²) in [6.45, 7) is 4.15. The van der Waals surface area contributed by atoms with E-state index in [9.17, 15) is 9.90 Å². The second-order valence-electron chi connectivity index (χ2n) is 5.33. The molecule has 0 saturated carbocycles. The third-order valence-corrected chi connectivity index (χ3v) is 4.60. The first kappa shape index (κ1) is 18.9. The van der Waals surface area contributed by atoms with E-state index in [0.29, 0.717) is 12.4 Å². The quantitative estimate of drug-likeness (QED) is 0.559. The maximum absolute atomic E-state index is 12.1. The third kappa shape index (κ3) is 6.15. The van der Waals surface area contributed by atoms with Crippen LogP contribution in [-0.2, 0) is 10.5 Å². The van der Waals surface area contributed by atoms with Gasteiger partial charge in [0.2, 0.25) is 0 Å². The molecule has 132 valence electrons. The lowest BCUT2D eigenvalue weighted by Crippen LogP contribution is -2.27. The van der Waals surface area contributed by atoms with Gasteiger partial charge in [-0.3, -0.25) is 4.79 Å². The van der Waals surface area contributed by atoms with Crippen molar-refractivity contribution >= 4 is 23.9 Å². The number of benzene rings is 2. The highest BCUT2D eigenvalue weighted by Gasteiger charge is 2.12. The van der Waals surface area contributed by atoms with E-state index in [1.54, 1.807) is 23.9 Å². The van der Waals surface area contributed by atoms with Crippen molar-refractivity contribution in [3.05, 3.63) is 59.7 Å². The number of hydrogen-bond acceptors (Lipinski definition) is 5. The number of hydrazone groups is 1. The van der Waals surface area contributed by atoms with Crippen LogP contribution in [0, 0.1) is 0 Å². The van der Waals surface area contributed by atoms with Gasteiger partial charge in [0.1, 0.15) is 0 Å². The molecule has 2 rings (SSSR count). The molecule has 0 aromatic heterocycles. The number of nitrogens with one attached hydrogen (secondary N) is 1. The Balaban J connectivity index is 1.84. The van der Waals surface area contributed by atoms with Crippen LogP contribution in [0.15, 0.2) is 53.6 Å². The number of rotatable bonds is 8. The van der Waals surface area contributed by atoms with Crippen molar-refractivity contribution in [1.82, 2.24) is 5.43 Å². The molecule has 6 heteroatoms. The molecule has 0 aliphatic carbocycles. The van der Waals surface area contributed by atoms with Crippen molar-refractivity contribution in [2.45, 2.75) is 24.9 Å². The maximum Gasteiger partial charge on any atom is 0.252 e. The molecular weight excluding hydrogens is 336 g/mol. The van der Waals surface area contributed by atoms with Gasteiger partial charge in [0.05, 0.1) is 18.1 Å². The van der Waals surface area contributed by atoms with Crippen molar-refractivity contribution in [1.29, 1.82) is 0 Å². The van der Waals surface area contributed by atoms with Crippen LogP contribution in [0.5, 0.6) is 11.5 Å². The fourth-order valence-electron chi connectivity index (χ4n) is 2.01. The Morgan fingerprint density at radius 1 is 1.32 bits per heavy atom. The standard InChI is InChI=1S/C19H22N2O3S/c1-3-24-18-11-16(9-10-17(18)22)12-20-21-19(23)14(2)25-13-15-7-5-4-6-8-15/h4-12,14,22H,3,13H2,1-2H3,(H,21,23)/b20-12-/t14-/m1/s1. The third-order valence-electron chi connectivity index (χ3n) is 3.38. The molecule has 2 N–H and O–H groups in total. The van der Waals surface area contributed by atoms with Crippen LogP contribution in [0.25, 0.3) is 0 Å². The highest BCUT2D eigenvalue weighted by atomic mass is 32.2. The predicted octanol–water partition coefficient (Wildman–Crippen LogP) is 3.56. The molecule has 0 bridgehead atoms. The van der Waals surface area contributed by atoms with Gasteiger partial charge in [-0.25, -0.2) is 5.43 Å². The highest BCUT2D eigenvalue weighted by Crippen LogP contribution is 2.26. The summed E-state index contributed by atoms with van der Waals surface area (Å²) < 4.78 is 5.31. The summed E-state index contributed by atoms with van der Waals surface area (Å²) in [5.74, 6) is 1.09. The van der Waals surface area contributed by atoms with Crippen molar-refractivity contribution < 1.29 is 14.6 Å². The molecule has 0 aliphatic heterocycles. The molecule has 1 atom stereocenters. The van der Waals surface area contributed by atoms with Crippen molar-refractivity contribution in [2.24, 2.45) is 5.10 Å². The minimum atomic E-state index is -0.212. The number of phenols is 1. The largest absolute Gasteiger partial charge is 0.504 e. The van der Waals surface area contributed by atoms with Crippen molar-refractivity contribution in [3.8, 4) is 11.5 Å². The molecule has 2 aromatic rings. The van der Waals surface area contributed by atoms with Crippen LogP contribution >= 0.6 is 11.8 Å². The lowest BCUT2D eigenvalue weighted by Gasteiger charge is -2.09. The van der Waals surface area contributed by atoms with E-state index in [0.717, 1.165) is 11.3 Å². The van der Waals surface area contributed by atoms with Crippen LogP contribution in [0.3, 0.4) is 0 Å². The minimum Gasteiger partial charge on any atom is -0.504 e. The molecule has 2 aromatic carbocycles. The van der Waals surface area contributed by atoms with E-state index < -0.39 is 0 Å². The summed E-state index contributed by atoms with van der Waals surface area (Å²) in [7, 11) is 0. The van der Waals surface area contributed by atoms with Crippen molar-refractivity contribution in [3.63, 3.8) is 0 Å². The molecule has 0 radical (unpaired) electrons. The van der Waals surface area contributed by atoms with E-state index in [4.69, 9.17) is 4.74 Å². The molecule has 5 nitrogen and oxygen atoms in total. The van der Waals surface area contributed by atoms with Gasteiger partial charge in [-0.05, 0) is 43.2 Å². The van der Waals surface area contributed by atoms with Gasteiger partial charge in [-0.15, -0.1) is 11.8 Å². The molecule has 25 heavy (non-hydrogen) atoms. The average molecular weight is 358 g/mol. The number of ether oxygens (including phenoxy) is 1. The predicted molar refractivity (Wildman–Crippen MR) is 102 cm³/mol. The van der Waals surface area contributed by atoms with E-state index in [1.165, 1.54) is 17.8 Å². The molecule has 0 heterocycles. The summed E-state index contributed by atoms with van der Waals surface area (Å²) in [6.07, 6.45) is 1.52. The summed E-state index contributed by atoms with van der Waals surface area (Å²) >= 11 is 1.56. The Morgan fingerprint density at radius 3 is 2.80 bits per heavy atom. The second-order valence-corrected chi connectivity index (χ2v) is 6.66. The number of amides is 1. The van der Waals surface area contributed by atoms with E-state index in [1.807, 2.05) is 44.2 Å². The maximum atomic E-state index is 12.1. The van der Waals surface area contributed by atoms with Gasteiger partial charge in [-0.1, -0.05) is 30.3 Å². The van der Waals surface area contributed by atoms with Gasteiger partial charge in [0.25, 0.3) is 5.91 Å². The van der Waals surface area contributed by atoms with Gasteiger partial charge in [0.15, 0.2) is 11.5 Å². The van der Waals surface area contributed by atoms with Crippen LogP contribution in [0.2, 0.25) is 0 Å². The number of hydrogen-bond donors (Lipinski definition) is 2. The Morgan fingerprint density at radius 2 is 2.08 bits per heavy atom. The van der Waals surface area contributed by atoms with E-state index >= 15 is 0 Å². The monoisotopic (exact) mass is 358 g/mol. The molecule has 0 spiro atoms. The first-order valence-electron chi connectivity index (χ1n) is 8.04. The summed E-state index contributed by atoms with van der Waals surface area (Å²) in [5.41, 5.74) is 4.45. The topological polar surface area (TPSA) is 70.9 Å².